The van der Waals surface area contributed by atoms with Gasteiger partial charge in [-0.25, -0.2) is 4.79 Å². The number of halogens is 2. The van der Waals surface area contributed by atoms with Gasteiger partial charge in [0.25, 0.3) is 0 Å². The Balaban J connectivity index is 2.04. The topological polar surface area (TPSA) is 41.6 Å². The van der Waals surface area contributed by atoms with Crippen molar-refractivity contribution in [2.45, 2.75) is 26.1 Å². The van der Waals surface area contributed by atoms with Crippen LogP contribution in [-0.4, -0.2) is 36.2 Å². The van der Waals surface area contributed by atoms with E-state index in [1.54, 1.807) is 4.90 Å². The van der Waals surface area contributed by atoms with Crippen LogP contribution < -0.4 is 5.32 Å². The van der Waals surface area contributed by atoms with Gasteiger partial charge in [-0.05, 0) is 48.0 Å². The fourth-order valence-electron chi connectivity index (χ4n) is 2.13. The van der Waals surface area contributed by atoms with Gasteiger partial charge in [0.1, 0.15) is 0 Å². The van der Waals surface area contributed by atoms with Crippen LogP contribution in [0.5, 0.6) is 0 Å². The molecule has 0 radical (unpaired) electrons. The predicted octanol–water partition coefficient (Wildman–Crippen LogP) is 3.85. The van der Waals surface area contributed by atoms with E-state index < -0.39 is 0 Å². The summed E-state index contributed by atoms with van der Waals surface area (Å²) in [4.78, 5) is 14.0. The molecule has 19 heavy (non-hydrogen) atoms. The lowest BCUT2D eigenvalue weighted by atomic mass is 10.2. The Hall–Kier alpha value is -0.590. The molecule has 0 unspecified atom stereocenters. The van der Waals surface area contributed by atoms with Crippen molar-refractivity contribution in [2.75, 3.05) is 18.4 Å². The second-order valence-electron chi connectivity index (χ2n) is 4.72. The van der Waals surface area contributed by atoms with E-state index >= 15 is 0 Å². The summed E-state index contributed by atoms with van der Waals surface area (Å²) in [5, 5.41) is 2.91. The van der Waals surface area contributed by atoms with E-state index in [-0.39, 0.29) is 18.2 Å². The fourth-order valence-corrected chi connectivity index (χ4v) is 3.28. The molecule has 1 heterocycles. The number of ether oxygens (including phenoxy) is 1. The molecule has 2 amide bonds. The molecule has 2 rings (SSSR count). The Morgan fingerprint density at radius 2 is 1.95 bits per heavy atom. The van der Waals surface area contributed by atoms with Crippen molar-refractivity contribution < 1.29 is 9.53 Å². The Morgan fingerprint density at radius 1 is 1.32 bits per heavy atom. The third-order valence-electron chi connectivity index (χ3n) is 2.88. The maximum atomic E-state index is 12.2. The molecule has 1 saturated heterocycles. The first-order chi connectivity index (χ1) is 8.95. The highest BCUT2D eigenvalue weighted by Crippen LogP contribution is 2.26. The smallest absolute Gasteiger partial charge is 0.322 e. The van der Waals surface area contributed by atoms with Crippen LogP contribution in [-0.2, 0) is 4.74 Å². The number of carbonyl (C=O) groups excluding carboxylic acids is 1. The Labute approximate surface area is 129 Å². The summed E-state index contributed by atoms with van der Waals surface area (Å²) in [5.41, 5.74) is 0.764. The van der Waals surface area contributed by atoms with Gasteiger partial charge < -0.3 is 15.0 Å². The van der Waals surface area contributed by atoms with Gasteiger partial charge in [-0.1, -0.05) is 15.9 Å². The molecule has 0 aromatic heterocycles. The lowest BCUT2D eigenvalue weighted by molar-refractivity contribution is -0.0530. The number of nitrogens with zero attached hydrogens (tertiary/aromatic N) is 1. The van der Waals surface area contributed by atoms with E-state index in [1.807, 2.05) is 32.0 Å². The first-order valence-electron chi connectivity index (χ1n) is 6.12. The minimum atomic E-state index is -0.0926. The summed E-state index contributed by atoms with van der Waals surface area (Å²) in [5.74, 6) is 0. The van der Waals surface area contributed by atoms with E-state index in [0.717, 1.165) is 14.6 Å². The van der Waals surface area contributed by atoms with Gasteiger partial charge in [-0.2, -0.15) is 0 Å². The maximum absolute atomic E-state index is 12.2. The molecule has 0 spiro atoms. The highest BCUT2D eigenvalue weighted by Gasteiger charge is 2.26. The van der Waals surface area contributed by atoms with E-state index in [0.29, 0.717) is 13.1 Å². The monoisotopic (exact) mass is 390 g/mol. The zero-order valence-corrected chi connectivity index (χ0v) is 14.0. The van der Waals surface area contributed by atoms with Gasteiger partial charge in [0.2, 0.25) is 0 Å². The second-order valence-corrected chi connectivity index (χ2v) is 6.49. The molecule has 1 fully saturated rings. The van der Waals surface area contributed by atoms with Crippen LogP contribution in [0, 0.1) is 0 Å². The number of anilines is 1. The van der Waals surface area contributed by atoms with E-state index in [1.165, 1.54) is 0 Å². The minimum Gasteiger partial charge on any atom is -0.372 e. The van der Waals surface area contributed by atoms with Crippen LogP contribution in [0.2, 0.25) is 0 Å². The summed E-state index contributed by atoms with van der Waals surface area (Å²) >= 11 is 6.82. The van der Waals surface area contributed by atoms with Crippen molar-refractivity contribution in [3.05, 3.63) is 27.1 Å². The molecule has 0 saturated carbocycles. The summed E-state index contributed by atoms with van der Waals surface area (Å²) in [6.07, 6.45) is 0.144. The van der Waals surface area contributed by atoms with Crippen molar-refractivity contribution in [3.8, 4) is 0 Å². The van der Waals surface area contributed by atoms with E-state index in [4.69, 9.17) is 4.74 Å². The number of rotatable bonds is 1. The summed E-state index contributed by atoms with van der Waals surface area (Å²) in [7, 11) is 0. The average Bonchev–Trinajstić information content (AvgIpc) is 2.31. The molecule has 1 aliphatic heterocycles. The molecule has 1 N–H and O–H groups in total. The lowest BCUT2D eigenvalue weighted by Crippen LogP contribution is -2.49. The highest BCUT2D eigenvalue weighted by atomic mass is 79.9. The molecule has 0 aliphatic carbocycles. The van der Waals surface area contributed by atoms with Crippen LogP contribution in [0.3, 0.4) is 0 Å². The van der Waals surface area contributed by atoms with Crippen LogP contribution in [0.1, 0.15) is 13.8 Å². The van der Waals surface area contributed by atoms with E-state index in [9.17, 15) is 4.79 Å². The largest absolute Gasteiger partial charge is 0.372 e. The quantitative estimate of drug-likeness (QED) is 0.789. The summed E-state index contributed by atoms with van der Waals surface area (Å²) in [6, 6.07) is 5.56. The normalized spacial score (nSPS) is 23.3. The fraction of sp³-hybridized carbons (Fsp3) is 0.462. The average molecular weight is 392 g/mol. The zero-order valence-electron chi connectivity index (χ0n) is 10.8. The summed E-state index contributed by atoms with van der Waals surface area (Å²) in [6.45, 7) is 5.19. The van der Waals surface area contributed by atoms with Gasteiger partial charge in [0.15, 0.2) is 0 Å². The summed E-state index contributed by atoms with van der Waals surface area (Å²) < 4.78 is 7.43. The van der Waals surface area contributed by atoms with Crippen molar-refractivity contribution in [3.63, 3.8) is 0 Å². The van der Waals surface area contributed by atoms with Crippen molar-refractivity contribution in [1.82, 2.24) is 4.90 Å². The molecule has 1 aliphatic rings. The van der Waals surface area contributed by atoms with Crippen LogP contribution in [0.25, 0.3) is 0 Å². The molecule has 4 nitrogen and oxygen atoms in total. The van der Waals surface area contributed by atoms with Crippen LogP contribution >= 0.6 is 31.9 Å². The number of benzene rings is 1. The number of carbonyl (C=O) groups is 1. The van der Waals surface area contributed by atoms with Crippen LogP contribution in [0.15, 0.2) is 27.1 Å². The number of nitrogens with one attached hydrogen (secondary N) is 1. The maximum Gasteiger partial charge on any atom is 0.322 e. The standard InChI is InChI=1S/C13H16Br2N2O2/c1-8-6-17(7-9(2)19-8)13(18)16-12-4-3-10(14)5-11(12)15/h3-5,8-9H,6-7H2,1-2H3,(H,16,18)/t8-,9-/m1/s1. The Morgan fingerprint density at radius 3 is 2.53 bits per heavy atom. The minimum absolute atomic E-state index is 0.0721. The van der Waals surface area contributed by atoms with Crippen molar-refractivity contribution in [1.29, 1.82) is 0 Å². The number of hydrogen-bond acceptors (Lipinski definition) is 2. The third-order valence-corrected chi connectivity index (χ3v) is 4.03. The Bertz CT molecular complexity index is 472. The SMILES string of the molecule is C[C@@H]1CN(C(=O)Nc2ccc(Br)cc2Br)C[C@@H](C)O1. The first-order valence-corrected chi connectivity index (χ1v) is 7.70. The van der Waals surface area contributed by atoms with Gasteiger partial charge in [-0.3, -0.25) is 0 Å². The van der Waals surface area contributed by atoms with Crippen LogP contribution in [0.4, 0.5) is 10.5 Å². The van der Waals surface area contributed by atoms with Crippen molar-refractivity contribution in [2.24, 2.45) is 0 Å². The van der Waals surface area contributed by atoms with Gasteiger partial charge in [0.05, 0.1) is 17.9 Å². The molecular formula is C13H16Br2N2O2. The molecule has 0 bridgehead atoms. The zero-order chi connectivity index (χ0) is 14.0. The first kappa shape index (κ1) is 14.8. The van der Waals surface area contributed by atoms with Gasteiger partial charge in [0, 0.05) is 22.0 Å². The molecule has 1 aromatic rings. The molecular weight excluding hydrogens is 376 g/mol. The second kappa shape index (κ2) is 6.24. The Kier molecular flexibility index (Phi) is 4.86. The number of morpholine rings is 1. The number of hydrogen-bond donors (Lipinski definition) is 1. The molecule has 1 aromatic carbocycles. The molecule has 6 heteroatoms. The number of amides is 2. The van der Waals surface area contributed by atoms with Crippen molar-refractivity contribution >= 4 is 43.6 Å². The highest BCUT2D eigenvalue weighted by molar-refractivity contribution is 9.11. The van der Waals surface area contributed by atoms with Gasteiger partial charge in [-0.15, -0.1) is 0 Å². The predicted molar refractivity (Wildman–Crippen MR) is 82.4 cm³/mol. The third kappa shape index (κ3) is 3.94. The van der Waals surface area contributed by atoms with Gasteiger partial charge >= 0.3 is 6.03 Å². The number of urea groups is 1. The van der Waals surface area contributed by atoms with E-state index in [2.05, 4.69) is 37.2 Å². The lowest BCUT2D eigenvalue weighted by Gasteiger charge is -2.35. The molecule has 2 atom stereocenters. The molecule has 104 valence electrons.